The van der Waals surface area contributed by atoms with E-state index in [4.69, 9.17) is 4.74 Å². The molecule has 0 unspecified atom stereocenters. The number of hydrogen-bond donors (Lipinski definition) is 0. The van der Waals surface area contributed by atoms with Crippen molar-refractivity contribution in [3.8, 4) is 0 Å². The van der Waals surface area contributed by atoms with Crippen LogP contribution in [0.4, 0.5) is 4.79 Å². The Bertz CT molecular complexity index is 1120. The number of carbonyl (C=O) groups is 1. The van der Waals surface area contributed by atoms with Crippen molar-refractivity contribution in [2.24, 2.45) is 0 Å². The molecule has 0 spiro atoms. The number of nitrogens with zero attached hydrogens (tertiary/aromatic N) is 2. The second-order valence-electron chi connectivity index (χ2n) is 7.69. The lowest BCUT2D eigenvalue weighted by atomic mass is 10.0. The maximum atomic E-state index is 12.9. The summed E-state index contributed by atoms with van der Waals surface area (Å²) in [7, 11) is 0. The number of benzene rings is 2. The van der Waals surface area contributed by atoms with E-state index in [1.807, 2.05) is 69.4 Å². The van der Waals surface area contributed by atoms with Gasteiger partial charge in [0.05, 0.1) is 17.2 Å². The van der Waals surface area contributed by atoms with Crippen molar-refractivity contribution in [2.45, 2.75) is 32.8 Å². The molecule has 0 atom stereocenters. The summed E-state index contributed by atoms with van der Waals surface area (Å²) < 4.78 is 7.29. The first-order valence-electron chi connectivity index (χ1n) is 9.07. The third-order valence-electron chi connectivity index (χ3n) is 4.47. The Morgan fingerprint density at radius 3 is 2.41 bits per heavy atom. The molecule has 4 heteroatoms. The average Bonchev–Trinajstić information content (AvgIpc) is 2.96. The molecule has 0 N–H and O–H groups in total. The Labute approximate surface area is 158 Å². The van der Waals surface area contributed by atoms with Gasteiger partial charge in [-0.25, -0.2) is 9.36 Å². The number of aromatic nitrogens is 2. The lowest BCUT2D eigenvalue weighted by Crippen LogP contribution is -2.27. The average molecular weight is 358 g/mol. The van der Waals surface area contributed by atoms with Gasteiger partial charge in [0, 0.05) is 17.0 Å². The molecule has 0 aliphatic rings. The van der Waals surface area contributed by atoms with E-state index in [9.17, 15) is 4.79 Å². The van der Waals surface area contributed by atoms with Gasteiger partial charge in [-0.15, -0.1) is 0 Å². The Hall–Kier alpha value is -3.14. The molecule has 0 aliphatic heterocycles. The Balaban J connectivity index is 1.94. The zero-order valence-corrected chi connectivity index (χ0v) is 15.8. The number of pyridine rings is 1. The molecule has 136 valence electrons. The zero-order valence-electron chi connectivity index (χ0n) is 15.8. The van der Waals surface area contributed by atoms with Crippen LogP contribution in [-0.4, -0.2) is 21.2 Å². The highest BCUT2D eigenvalue weighted by molar-refractivity contribution is 6.13. The van der Waals surface area contributed by atoms with E-state index in [0.29, 0.717) is 0 Å². The van der Waals surface area contributed by atoms with E-state index in [1.54, 1.807) is 10.8 Å². The predicted molar refractivity (Wildman–Crippen MR) is 108 cm³/mol. The van der Waals surface area contributed by atoms with E-state index in [1.165, 1.54) is 5.56 Å². The molecule has 4 rings (SSSR count). The number of fused-ring (bicyclic) bond motifs is 3. The first-order valence-corrected chi connectivity index (χ1v) is 9.07. The summed E-state index contributed by atoms with van der Waals surface area (Å²) in [6, 6.07) is 18.2. The van der Waals surface area contributed by atoms with Crippen molar-refractivity contribution in [1.82, 2.24) is 9.55 Å². The van der Waals surface area contributed by atoms with Crippen LogP contribution in [0.3, 0.4) is 0 Å². The van der Waals surface area contributed by atoms with Crippen molar-refractivity contribution < 1.29 is 9.53 Å². The standard InChI is InChI=1S/C23H22N2O2/c1-23(2,3)27-22(26)25-19-12-8-7-11-18(19)21-17(14-24-15-20(21)25)13-16-9-5-4-6-10-16/h4-12,14-15H,13H2,1-3H3. The molecule has 2 aromatic heterocycles. The first-order chi connectivity index (χ1) is 12.9. The van der Waals surface area contributed by atoms with E-state index in [0.717, 1.165) is 33.8 Å². The van der Waals surface area contributed by atoms with Crippen LogP contribution in [0.1, 0.15) is 31.9 Å². The van der Waals surface area contributed by atoms with Crippen LogP contribution in [0.15, 0.2) is 67.0 Å². The number of carbonyl (C=O) groups excluding carboxylic acids is 1. The maximum absolute atomic E-state index is 12.9. The second kappa shape index (κ2) is 6.54. The van der Waals surface area contributed by atoms with Crippen LogP contribution >= 0.6 is 0 Å². The van der Waals surface area contributed by atoms with Crippen molar-refractivity contribution in [3.05, 3.63) is 78.1 Å². The fourth-order valence-electron chi connectivity index (χ4n) is 3.44. The minimum absolute atomic E-state index is 0.382. The molecule has 0 amide bonds. The van der Waals surface area contributed by atoms with Gasteiger partial charge in [-0.1, -0.05) is 48.5 Å². The lowest BCUT2D eigenvalue weighted by molar-refractivity contribution is 0.0551. The molecule has 2 aromatic carbocycles. The van der Waals surface area contributed by atoms with Gasteiger partial charge >= 0.3 is 6.09 Å². The van der Waals surface area contributed by atoms with Crippen LogP contribution in [0.2, 0.25) is 0 Å². The fourth-order valence-corrected chi connectivity index (χ4v) is 3.44. The van der Waals surface area contributed by atoms with Gasteiger partial charge in [-0.05, 0) is 44.4 Å². The van der Waals surface area contributed by atoms with E-state index >= 15 is 0 Å². The molecule has 0 fully saturated rings. The predicted octanol–water partition coefficient (Wildman–Crippen LogP) is 5.56. The lowest BCUT2D eigenvalue weighted by Gasteiger charge is -2.20. The molecular formula is C23H22N2O2. The van der Waals surface area contributed by atoms with Gasteiger partial charge in [-0.2, -0.15) is 0 Å². The van der Waals surface area contributed by atoms with Gasteiger partial charge in [0.2, 0.25) is 0 Å². The third-order valence-corrected chi connectivity index (χ3v) is 4.47. The molecule has 0 saturated carbocycles. The van der Waals surface area contributed by atoms with Crippen LogP contribution in [0.5, 0.6) is 0 Å². The fraction of sp³-hybridized carbons (Fsp3) is 0.217. The zero-order chi connectivity index (χ0) is 19.0. The van der Waals surface area contributed by atoms with Crippen LogP contribution in [0.25, 0.3) is 21.8 Å². The van der Waals surface area contributed by atoms with Crippen LogP contribution in [0, 0.1) is 0 Å². The Morgan fingerprint density at radius 2 is 1.67 bits per heavy atom. The largest absolute Gasteiger partial charge is 0.443 e. The van der Waals surface area contributed by atoms with Gasteiger partial charge in [0.25, 0.3) is 0 Å². The van der Waals surface area contributed by atoms with Crippen LogP contribution < -0.4 is 0 Å². The number of rotatable bonds is 2. The van der Waals surface area contributed by atoms with E-state index in [-0.39, 0.29) is 6.09 Å². The van der Waals surface area contributed by atoms with Gasteiger partial charge < -0.3 is 4.74 Å². The molecule has 2 heterocycles. The van der Waals surface area contributed by atoms with Crippen molar-refractivity contribution in [2.75, 3.05) is 0 Å². The Morgan fingerprint density at radius 1 is 0.963 bits per heavy atom. The summed E-state index contributed by atoms with van der Waals surface area (Å²) in [5, 5.41) is 2.09. The summed E-state index contributed by atoms with van der Waals surface area (Å²) in [4.78, 5) is 17.3. The SMILES string of the molecule is CC(C)(C)OC(=O)n1c2ccccc2c2c(Cc3ccccc3)cncc21. The Kier molecular flexibility index (Phi) is 4.19. The van der Waals surface area contributed by atoms with Gasteiger partial charge in [0.15, 0.2) is 0 Å². The highest BCUT2D eigenvalue weighted by atomic mass is 16.6. The molecule has 27 heavy (non-hydrogen) atoms. The highest BCUT2D eigenvalue weighted by Gasteiger charge is 2.23. The number of para-hydroxylation sites is 1. The third kappa shape index (κ3) is 3.31. The molecule has 0 radical (unpaired) electrons. The molecule has 4 nitrogen and oxygen atoms in total. The molecule has 0 aliphatic carbocycles. The quantitative estimate of drug-likeness (QED) is 0.471. The monoisotopic (exact) mass is 358 g/mol. The summed E-state index contributed by atoms with van der Waals surface area (Å²) in [6.45, 7) is 5.62. The highest BCUT2D eigenvalue weighted by Crippen LogP contribution is 2.32. The maximum Gasteiger partial charge on any atom is 0.419 e. The second-order valence-corrected chi connectivity index (χ2v) is 7.69. The van der Waals surface area contributed by atoms with Crippen molar-refractivity contribution >= 4 is 27.9 Å². The van der Waals surface area contributed by atoms with Crippen molar-refractivity contribution in [1.29, 1.82) is 0 Å². The number of hydrogen-bond acceptors (Lipinski definition) is 3. The molecule has 4 aromatic rings. The van der Waals surface area contributed by atoms with Crippen molar-refractivity contribution in [3.63, 3.8) is 0 Å². The van der Waals surface area contributed by atoms with E-state index < -0.39 is 5.60 Å². The topological polar surface area (TPSA) is 44.1 Å². The molecular weight excluding hydrogens is 336 g/mol. The van der Waals surface area contributed by atoms with Crippen LogP contribution in [-0.2, 0) is 11.2 Å². The summed E-state index contributed by atoms with van der Waals surface area (Å²) in [6.07, 6.45) is 4.01. The molecule has 0 saturated heterocycles. The van der Waals surface area contributed by atoms with E-state index in [2.05, 4.69) is 17.1 Å². The van der Waals surface area contributed by atoms with Gasteiger partial charge in [0.1, 0.15) is 5.60 Å². The first kappa shape index (κ1) is 17.3. The smallest absolute Gasteiger partial charge is 0.419 e. The number of ether oxygens (including phenoxy) is 1. The molecule has 0 bridgehead atoms. The summed E-state index contributed by atoms with van der Waals surface area (Å²) in [5.74, 6) is 0. The summed E-state index contributed by atoms with van der Waals surface area (Å²) in [5.41, 5.74) is 3.35. The minimum atomic E-state index is -0.566. The summed E-state index contributed by atoms with van der Waals surface area (Å²) >= 11 is 0. The minimum Gasteiger partial charge on any atom is -0.443 e. The van der Waals surface area contributed by atoms with Gasteiger partial charge in [-0.3, -0.25) is 4.98 Å². The normalized spacial score (nSPS) is 11.8.